The molecule has 0 fully saturated rings. The van der Waals surface area contributed by atoms with Gasteiger partial charge in [0.15, 0.2) is 5.82 Å². The molecule has 0 spiro atoms. The zero-order chi connectivity index (χ0) is 11.9. The highest BCUT2D eigenvalue weighted by atomic mass is 35.6. The highest BCUT2D eigenvalue weighted by molar-refractivity contribution is 6.74. The van der Waals surface area contributed by atoms with Gasteiger partial charge in [0, 0.05) is 5.92 Å². The Morgan fingerprint density at radius 3 is 2.00 bits per heavy atom. The maximum Gasteiger partial charge on any atom is 0.276 e. The van der Waals surface area contributed by atoms with E-state index in [1.54, 1.807) is 0 Å². The van der Waals surface area contributed by atoms with Crippen LogP contribution in [0.2, 0.25) is 0 Å². The number of rotatable bonds is 2. The van der Waals surface area contributed by atoms with Gasteiger partial charge in [0.2, 0.25) is 3.79 Å². The maximum absolute atomic E-state index is 5.82. The minimum Gasteiger partial charge on any atom is -0.133 e. The number of tetrazole rings is 1. The molecule has 4 nitrogen and oxygen atoms in total. The van der Waals surface area contributed by atoms with Crippen LogP contribution in [0.3, 0.4) is 0 Å². The summed E-state index contributed by atoms with van der Waals surface area (Å²) in [6.45, 7) is 3.78. The van der Waals surface area contributed by atoms with E-state index in [1.807, 2.05) is 13.8 Å². The van der Waals surface area contributed by atoms with E-state index in [1.165, 1.54) is 0 Å². The first-order valence-electron chi connectivity index (χ1n) is 3.91. The Kier molecular flexibility index (Phi) is 4.00. The molecule has 0 aliphatic carbocycles. The molecular formula is C6H7Cl5N4. The second kappa shape index (κ2) is 4.41. The number of hydrogen-bond donors (Lipinski definition) is 0. The molecule has 1 aromatic heterocycles. The molecule has 15 heavy (non-hydrogen) atoms. The van der Waals surface area contributed by atoms with Crippen molar-refractivity contribution < 1.29 is 0 Å². The largest absolute Gasteiger partial charge is 0.276 e. The molecule has 0 radical (unpaired) electrons. The van der Waals surface area contributed by atoms with E-state index in [4.69, 9.17) is 58.0 Å². The molecule has 1 heterocycles. The van der Waals surface area contributed by atoms with Crippen LogP contribution in [0.4, 0.5) is 0 Å². The van der Waals surface area contributed by atoms with Crippen LogP contribution in [0.5, 0.6) is 0 Å². The fraction of sp³-hybridized carbons (Fsp3) is 0.833. The van der Waals surface area contributed by atoms with E-state index >= 15 is 0 Å². The van der Waals surface area contributed by atoms with Crippen LogP contribution in [0, 0.1) is 0 Å². The molecule has 0 saturated carbocycles. The second-order valence-electron chi connectivity index (χ2n) is 3.13. The van der Waals surface area contributed by atoms with Crippen molar-refractivity contribution in [3.8, 4) is 0 Å². The Balaban J connectivity index is 3.06. The third-order valence-electron chi connectivity index (χ3n) is 1.54. The normalized spacial score (nSPS) is 13.6. The Morgan fingerprint density at radius 1 is 1.13 bits per heavy atom. The summed E-state index contributed by atoms with van der Waals surface area (Å²) in [5.74, 6) is 0.549. The summed E-state index contributed by atoms with van der Waals surface area (Å²) in [6, 6.07) is 0. The van der Waals surface area contributed by atoms with Gasteiger partial charge in [-0.2, -0.15) is 0 Å². The molecule has 0 bridgehead atoms. The van der Waals surface area contributed by atoms with E-state index in [-0.39, 0.29) is 5.92 Å². The first-order chi connectivity index (χ1) is 6.66. The zero-order valence-electron chi connectivity index (χ0n) is 7.76. The molecule has 9 heteroatoms. The van der Waals surface area contributed by atoms with Crippen LogP contribution >= 0.6 is 58.0 Å². The molecule has 1 aromatic rings. The van der Waals surface area contributed by atoms with Crippen molar-refractivity contribution in [1.29, 1.82) is 0 Å². The van der Waals surface area contributed by atoms with E-state index in [0.29, 0.717) is 5.82 Å². The third-order valence-corrected chi connectivity index (χ3v) is 3.81. The number of alkyl halides is 5. The van der Waals surface area contributed by atoms with E-state index < -0.39 is 8.25 Å². The van der Waals surface area contributed by atoms with Gasteiger partial charge >= 0.3 is 0 Å². The topological polar surface area (TPSA) is 43.6 Å². The Hall–Kier alpha value is 0.520. The van der Waals surface area contributed by atoms with Gasteiger partial charge in [-0.3, -0.25) is 0 Å². The molecule has 1 rings (SSSR count). The van der Waals surface area contributed by atoms with Crippen molar-refractivity contribution in [1.82, 2.24) is 20.2 Å². The summed E-state index contributed by atoms with van der Waals surface area (Å²) >= 11 is 28.4. The molecule has 0 amide bonds. The van der Waals surface area contributed by atoms with Crippen molar-refractivity contribution in [2.24, 2.45) is 0 Å². The number of hydrogen-bond acceptors (Lipinski definition) is 3. The summed E-state index contributed by atoms with van der Waals surface area (Å²) < 4.78 is -3.84. The lowest BCUT2D eigenvalue weighted by atomic mass is 10.2. The van der Waals surface area contributed by atoms with Crippen molar-refractivity contribution in [2.45, 2.75) is 28.0 Å². The highest BCUT2D eigenvalue weighted by Gasteiger charge is 2.50. The third kappa shape index (κ3) is 2.80. The lowest BCUT2D eigenvalue weighted by molar-refractivity contribution is 0.458. The van der Waals surface area contributed by atoms with E-state index in [9.17, 15) is 0 Å². The molecule has 0 aromatic carbocycles. The summed E-state index contributed by atoms with van der Waals surface area (Å²) in [7, 11) is 0. The molecule has 86 valence electrons. The number of nitrogens with zero attached hydrogens (tertiary/aromatic N) is 4. The van der Waals surface area contributed by atoms with Crippen LogP contribution in [-0.2, 0) is 4.46 Å². The molecule has 0 atom stereocenters. The summed E-state index contributed by atoms with van der Waals surface area (Å²) in [6.07, 6.45) is 0. The van der Waals surface area contributed by atoms with Crippen LogP contribution in [-0.4, -0.2) is 24.0 Å². The van der Waals surface area contributed by atoms with Gasteiger partial charge in [-0.1, -0.05) is 71.9 Å². The zero-order valence-corrected chi connectivity index (χ0v) is 11.5. The lowest BCUT2D eigenvalue weighted by Gasteiger charge is -2.25. The fourth-order valence-corrected chi connectivity index (χ4v) is 1.06. The minimum absolute atomic E-state index is 0.0817. The Morgan fingerprint density at radius 2 is 1.67 bits per heavy atom. The van der Waals surface area contributed by atoms with E-state index in [0.717, 1.165) is 4.80 Å². The van der Waals surface area contributed by atoms with Gasteiger partial charge < -0.3 is 0 Å². The molecule has 0 saturated heterocycles. The average molecular weight is 312 g/mol. The standard InChI is InChI=1S/C6H7Cl5N4/c1-3(2)4-12-14-15(13-4)6(10,11)5(7,8)9/h3H,1-2H3. The molecule has 0 aliphatic rings. The van der Waals surface area contributed by atoms with Crippen molar-refractivity contribution in [3.63, 3.8) is 0 Å². The van der Waals surface area contributed by atoms with Gasteiger partial charge in [-0.05, 0) is 5.21 Å². The highest BCUT2D eigenvalue weighted by Crippen LogP contribution is 2.48. The number of halogens is 5. The van der Waals surface area contributed by atoms with Crippen LogP contribution in [0.1, 0.15) is 25.6 Å². The quantitative estimate of drug-likeness (QED) is 0.787. The molecule has 0 unspecified atom stereocenters. The molecular weight excluding hydrogens is 305 g/mol. The van der Waals surface area contributed by atoms with Gasteiger partial charge in [-0.25, -0.2) is 0 Å². The molecule has 0 N–H and O–H groups in total. The predicted molar refractivity (Wildman–Crippen MR) is 61.9 cm³/mol. The van der Waals surface area contributed by atoms with Crippen molar-refractivity contribution in [3.05, 3.63) is 5.82 Å². The van der Waals surface area contributed by atoms with Crippen LogP contribution < -0.4 is 0 Å². The Labute approximate surface area is 112 Å². The first kappa shape index (κ1) is 13.6. The van der Waals surface area contributed by atoms with Crippen LogP contribution in [0.25, 0.3) is 0 Å². The van der Waals surface area contributed by atoms with Gasteiger partial charge in [-0.15, -0.1) is 15.0 Å². The minimum atomic E-state index is -1.95. The van der Waals surface area contributed by atoms with Crippen molar-refractivity contribution >= 4 is 58.0 Å². The Bertz CT molecular complexity index is 342. The summed E-state index contributed by atoms with van der Waals surface area (Å²) in [4.78, 5) is 0.873. The first-order valence-corrected chi connectivity index (χ1v) is 5.80. The van der Waals surface area contributed by atoms with Gasteiger partial charge in [0.25, 0.3) is 4.46 Å². The van der Waals surface area contributed by atoms with Gasteiger partial charge in [0.1, 0.15) is 0 Å². The SMILES string of the molecule is CC(C)c1nnn(C(Cl)(Cl)C(Cl)(Cl)Cl)n1. The molecule has 0 aliphatic heterocycles. The van der Waals surface area contributed by atoms with Gasteiger partial charge in [0.05, 0.1) is 0 Å². The smallest absolute Gasteiger partial charge is 0.133 e. The second-order valence-corrected chi connectivity index (χ2v) is 6.70. The average Bonchev–Trinajstić information content (AvgIpc) is 2.49. The summed E-state index contributed by atoms with van der Waals surface area (Å²) in [5.41, 5.74) is 0. The lowest BCUT2D eigenvalue weighted by Crippen LogP contribution is -2.36. The van der Waals surface area contributed by atoms with Crippen molar-refractivity contribution in [2.75, 3.05) is 0 Å². The van der Waals surface area contributed by atoms with Crippen LogP contribution in [0.15, 0.2) is 0 Å². The van der Waals surface area contributed by atoms with E-state index in [2.05, 4.69) is 15.4 Å². The fourth-order valence-electron chi connectivity index (χ4n) is 0.689. The predicted octanol–water partition coefficient (Wildman–Crippen LogP) is 3.25. The summed E-state index contributed by atoms with van der Waals surface area (Å²) in [5, 5.41) is 11.3. The monoisotopic (exact) mass is 310 g/mol. The maximum atomic E-state index is 5.82. The number of aromatic nitrogens is 4.